The Bertz CT molecular complexity index is 930. The number of aromatic nitrogens is 3. The Morgan fingerprint density at radius 3 is 2.66 bits per heavy atom. The number of benzene rings is 1. The summed E-state index contributed by atoms with van der Waals surface area (Å²) in [7, 11) is -3.71. The van der Waals surface area contributed by atoms with Crippen molar-refractivity contribution in [2.24, 2.45) is 0 Å². The van der Waals surface area contributed by atoms with Gasteiger partial charge in [-0.15, -0.1) is 5.10 Å². The topological polar surface area (TPSA) is 106 Å². The maximum absolute atomic E-state index is 12.6. The molecule has 1 aliphatic carbocycles. The Kier molecular flexibility index (Phi) is 6.21. The number of hydrogen-bond donors (Lipinski definition) is 2. The van der Waals surface area contributed by atoms with Crippen LogP contribution in [0.15, 0.2) is 35.4 Å². The molecule has 1 saturated carbocycles. The largest absolute Gasteiger partial charge is 0.394 e. The van der Waals surface area contributed by atoms with Gasteiger partial charge in [0.15, 0.2) is 0 Å². The third-order valence-corrected chi connectivity index (χ3v) is 7.22. The fourth-order valence-electron chi connectivity index (χ4n) is 3.63. The summed E-state index contributed by atoms with van der Waals surface area (Å²) in [6.45, 7) is 0.434. The van der Waals surface area contributed by atoms with Crippen molar-refractivity contribution in [2.75, 3.05) is 6.61 Å². The summed E-state index contributed by atoms with van der Waals surface area (Å²) >= 11 is 5.83. The second-order valence-electron chi connectivity index (χ2n) is 7.71. The smallest absolute Gasteiger partial charge is 0.240 e. The lowest BCUT2D eigenvalue weighted by Crippen LogP contribution is -2.50. The number of nitrogens with zero attached hydrogens (tertiary/aromatic N) is 3. The van der Waals surface area contributed by atoms with Crippen molar-refractivity contribution in [1.82, 2.24) is 19.7 Å². The summed E-state index contributed by atoms with van der Waals surface area (Å²) in [6.07, 6.45) is 5.76. The highest BCUT2D eigenvalue weighted by atomic mass is 35.5. The molecule has 0 radical (unpaired) electrons. The van der Waals surface area contributed by atoms with Crippen LogP contribution in [0.3, 0.4) is 0 Å². The number of aliphatic hydroxyl groups is 1. The van der Waals surface area contributed by atoms with Crippen molar-refractivity contribution in [3.63, 3.8) is 0 Å². The molecule has 3 atom stereocenters. The van der Waals surface area contributed by atoms with Gasteiger partial charge in [0.05, 0.1) is 35.4 Å². The van der Waals surface area contributed by atoms with E-state index in [0.29, 0.717) is 30.3 Å². The van der Waals surface area contributed by atoms with E-state index in [4.69, 9.17) is 16.3 Å². The lowest BCUT2D eigenvalue weighted by Gasteiger charge is -2.36. The molecule has 1 aliphatic heterocycles. The highest BCUT2D eigenvalue weighted by molar-refractivity contribution is 7.89. The molecule has 2 aromatic rings. The van der Waals surface area contributed by atoms with Crippen molar-refractivity contribution in [3.05, 3.63) is 41.2 Å². The lowest BCUT2D eigenvalue weighted by atomic mass is 9.98. The maximum atomic E-state index is 12.6. The van der Waals surface area contributed by atoms with Crippen LogP contribution in [-0.4, -0.2) is 53.4 Å². The number of aryl methyl sites for hydroxylation is 1. The molecule has 2 fully saturated rings. The van der Waals surface area contributed by atoms with Crippen LogP contribution in [-0.2, 0) is 21.3 Å². The number of rotatable bonds is 8. The van der Waals surface area contributed by atoms with Gasteiger partial charge in [-0.1, -0.05) is 16.8 Å². The van der Waals surface area contributed by atoms with Gasteiger partial charge in [0, 0.05) is 23.7 Å². The maximum Gasteiger partial charge on any atom is 0.240 e. The van der Waals surface area contributed by atoms with Gasteiger partial charge in [-0.25, -0.2) is 13.1 Å². The summed E-state index contributed by atoms with van der Waals surface area (Å²) < 4.78 is 35.7. The van der Waals surface area contributed by atoms with E-state index in [-0.39, 0.29) is 17.6 Å². The second-order valence-corrected chi connectivity index (χ2v) is 9.86. The average Bonchev–Trinajstić information content (AvgIpc) is 3.45. The van der Waals surface area contributed by atoms with Crippen LogP contribution < -0.4 is 4.72 Å². The molecule has 4 rings (SSSR count). The number of nitrogens with one attached hydrogen (secondary N) is 1. The van der Waals surface area contributed by atoms with Gasteiger partial charge in [0.25, 0.3) is 0 Å². The number of aliphatic hydroxyl groups excluding tert-OH is 1. The Hall–Kier alpha value is -1.52. The molecule has 0 unspecified atom stereocenters. The minimum absolute atomic E-state index is 0.0583. The lowest BCUT2D eigenvalue weighted by molar-refractivity contribution is -0.0891. The number of halogens is 1. The van der Waals surface area contributed by atoms with Crippen LogP contribution in [0.25, 0.3) is 0 Å². The van der Waals surface area contributed by atoms with Crippen molar-refractivity contribution in [3.8, 4) is 0 Å². The van der Waals surface area contributed by atoms with Crippen LogP contribution in [0.4, 0.5) is 0 Å². The Labute approximate surface area is 175 Å². The fourth-order valence-corrected chi connectivity index (χ4v) is 5.05. The Balaban J connectivity index is 1.32. The van der Waals surface area contributed by atoms with E-state index in [1.807, 2.05) is 10.9 Å². The molecule has 1 aromatic carbocycles. The van der Waals surface area contributed by atoms with E-state index in [1.165, 1.54) is 37.1 Å². The molecular formula is C19H25ClN4O4S. The molecule has 1 saturated heterocycles. The van der Waals surface area contributed by atoms with Crippen LogP contribution in [0.5, 0.6) is 0 Å². The number of ether oxygens (including phenoxy) is 1. The van der Waals surface area contributed by atoms with Gasteiger partial charge in [-0.3, -0.25) is 4.68 Å². The second kappa shape index (κ2) is 8.69. The van der Waals surface area contributed by atoms with E-state index >= 15 is 0 Å². The first kappa shape index (κ1) is 20.7. The third-order valence-electron chi connectivity index (χ3n) is 5.46. The molecule has 8 nitrogen and oxygen atoms in total. The fraction of sp³-hybridized carbons (Fsp3) is 0.579. The predicted molar refractivity (Wildman–Crippen MR) is 107 cm³/mol. The zero-order valence-electron chi connectivity index (χ0n) is 15.9. The van der Waals surface area contributed by atoms with E-state index in [2.05, 4.69) is 15.0 Å². The summed E-state index contributed by atoms with van der Waals surface area (Å²) in [6, 6.07) is 5.50. The molecule has 158 valence electrons. The minimum Gasteiger partial charge on any atom is -0.394 e. The minimum atomic E-state index is -3.71. The van der Waals surface area contributed by atoms with Crippen LogP contribution in [0, 0.1) is 0 Å². The quantitative estimate of drug-likeness (QED) is 0.651. The van der Waals surface area contributed by atoms with Crippen LogP contribution in [0.2, 0.25) is 5.02 Å². The van der Waals surface area contributed by atoms with Gasteiger partial charge in [0.2, 0.25) is 10.0 Å². The van der Waals surface area contributed by atoms with Crippen molar-refractivity contribution in [1.29, 1.82) is 0 Å². The van der Waals surface area contributed by atoms with Gasteiger partial charge < -0.3 is 9.84 Å². The van der Waals surface area contributed by atoms with Crippen LogP contribution in [0.1, 0.15) is 43.7 Å². The van der Waals surface area contributed by atoms with E-state index in [0.717, 1.165) is 12.1 Å². The summed E-state index contributed by atoms with van der Waals surface area (Å²) in [5, 5.41) is 18.6. The van der Waals surface area contributed by atoms with Crippen molar-refractivity contribution >= 4 is 21.6 Å². The summed E-state index contributed by atoms with van der Waals surface area (Å²) in [4.78, 5) is 0.137. The average molecular weight is 441 g/mol. The number of sulfonamides is 1. The van der Waals surface area contributed by atoms with Crippen LogP contribution >= 0.6 is 11.6 Å². The standard InChI is InChI=1S/C19H25ClN4O4S/c20-14-3-6-16(7-4-14)29(26,27)22-17-8-5-15(28-19(17)12-25)9-10-24-11-18(21-23-24)13-1-2-13/h3-4,6-7,11,13,15,17,19,22,25H,1-2,5,8-10,12H2/t15-,17+,19-/m0/s1. The van der Waals surface area contributed by atoms with Gasteiger partial charge in [-0.05, 0) is 56.4 Å². The van der Waals surface area contributed by atoms with E-state index in [9.17, 15) is 13.5 Å². The molecule has 1 aromatic heterocycles. The first-order chi connectivity index (χ1) is 13.9. The highest BCUT2D eigenvalue weighted by Crippen LogP contribution is 2.38. The van der Waals surface area contributed by atoms with E-state index in [1.54, 1.807) is 0 Å². The molecule has 2 heterocycles. The molecule has 2 aliphatic rings. The third kappa shape index (κ3) is 5.16. The summed E-state index contributed by atoms with van der Waals surface area (Å²) in [5.74, 6) is 0.572. The van der Waals surface area contributed by atoms with Gasteiger partial charge in [-0.2, -0.15) is 0 Å². The summed E-state index contributed by atoms with van der Waals surface area (Å²) in [5.41, 5.74) is 1.06. The molecule has 0 spiro atoms. The molecule has 0 amide bonds. The van der Waals surface area contributed by atoms with Crippen molar-refractivity contribution < 1.29 is 18.3 Å². The van der Waals surface area contributed by atoms with Crippen molar-refractivity contribution in [2.45, 2.75) is 67.7 Å². The zero-order valence-corrected chi connectivity index (χ0v) is 17.5. The molecule has 2 N–H and O–H groups in total. The Morgan fingerprint density at radius 1 is 1.21 bits per heavy atom. The number of hydrogen-bond acceptors (Lipinski definition) is 6. The first-order valence-electron chi connectivity index (χ1n) is 9.89. The molecule has 10 heteroatoms. The molecular weight excluding hydrogens is 416 g/mol. The SMILES string of the molecule is O=S(=O)(N[C@@H]1CC[C@@H](CCn2cc(C3CC3)nn2)O[C@H]1CO)c1ccc(Cl)cc1. The highest BCUT2D eigenvalue weighted by Gasteiger charge is 2.34. The normalized spacial score (nSPS) is 25.2. The first-order valence-corrected chi connectivity index (χ1v) is 11.7. The predicted octanol–water partition coefficient (Wildman–Crippen LogP) is 2.09. The van der Waals surface area contributed by atoms with Gasteiger partial charge >= 0.3 is 0 Å². The van der Waals surface area contributed by atoms with E-state index < -0.39 is 22.2 Å². The molecule has 0 bridgehead atoms. The van der Waals surface area contributed by atoms with Gasteiger partial charge in [0.1, 0.15) is 0 Å². The monoisotopic (exact) mass is 440 g/mol. The zero-order chi connectivity index (χ0) is 20.4. The molecule has 29 heavy (non-hydrogen) atoms. The Morgan fingerprint density at radius 2 is 1.97 bits per heavy atom.